The number of nitrogens with two attached hydrogens (primary N) is 1. The lowest BCUT2D eigenvalue weighted by Crippen LogP contribution is -2.11. The minimum absolute atomic E-state index is 0.0879. The fourth-order valence-corrected chi connectivity index (χ4v) is 0.297. The van der Waals surface area contributed by atoms with Crippen molar-refractivity contribution in [3.05, 3.63) is 0 Å². The molecule has 0 aliphatic rings. The third kappa shape index (κ3) is 7.55. The Morgan fingerprint density at radius 3 is 2.78 bits per heavy atom. The standard InChI is InChI=1S/C5H11NO3/c6-1-3-8-5-9-4-2-7/h2H,1,3-6H2. The molecule has 9 heavy (non-hydrogen) atoms. The van der Waals surface area contributed by atoms with Gasteiger partial charge in [0.1, 0.15) is 19.7 Å². The molecule has 0 radical (unpaired) electrons. The predicted octanol–water partition coefficient (Wildman–Crippen LogP) is -0.865. The van der Waals surface area contributed by atoms with Gasteiger partial charge in [-0.15, -0.1) is 0 Å². The van der Waals surface area contributed by atoms with E-state index in [4.69, 9.17) is 10.5 Å². The molecule has 0 aromatic carbocycles. The Morgan fingerprint density at radius 2 is 2.22 bits per heavy atom. The van der Waals surface area contributed by atoms with Crippen LogP contribution in [0.3, 0.4) is 0 Å². The van der Waals surface area contributed by atoms with E-state index in [1.165, 1.54) is 0 Å². The van der Waals surface area contributed by atoms with Gasteiger partial charge in [-0.25, -0.2) is 0 Å². The van der Waals surface area contributed by atoms with Gasteiger partial charge in [0.2, 0.25) is 0 Å². The topological polar surface area (TPSA) is 61.6 Å². The molecule has 0 unspecified atom stereocenters. The van der Waals surface area contributed by atoms with Crippen LogP contribution in [0, 0.1) is 0 Å². The lowest BCUT2D eigenvalue weighted by atomic mass is 10.7. The van der Waals surface area contributed by atoms with Gasteiger partial charge in [-0.05, 0) is 0 Å². The van der Waals surface area contributed by atoms with Crippen LogP contribution < -0.4 is 5.73 Å². The van der Waals surface area contributed by atoms with Crippen LogP contribution in [0.2, 0.25) is 0 Å². The Kier molecular flexibility index (Phi) is 7.17. The predicted molar refractivity (Wildman–Crippen MR) is 31.9 cm³/mol. The van der Waals surface area contributed by atoms with E-state index in [0.29, 0.717) is 19.4 Å². The maximum absolute atomic E-state index is 9.63. The van der Waals surface area contributed by atoms with Gasteiger partial charge < -0.3 is 20.0 Å². The summed E-state index contributed by atoms with van der Waals surface area (Å²) in [7, 11) is 0. The molecular weight excluding hydrogens is 122 g/mol. The fraction of sp³-hybridized carbons (Fsp3) is 0.800. The second-order valence-corrected chi connectivity index (χ2v) is 1.35. The summed E-state index contributed by atoms with van der Waals surface area (Å²) in [6, 6.07) is 0. The highest BCUT2D eigenvalue weighted by atomic mass is 16.7. The fourth-order valence-electron chi connectivity index (χ4n) is 0.297. The average Bonchev–Trinajstić information content (AvgIpc) is 1.89. The summed E-state index contributed by atoms with van der Waals surface area (Å²) in [5.74, 6) is 0. The largest absolute Gasteiger partial charge is 0.354 e. The Hall–Kier alpha value is -0.450. The lowest BCUT2D eigenvalue weighted by Gasteiger charge is -1.99. The van der Waals surface area contributed by atoms with Gasteiger partial charge in [-0.2, -0.15) is 0 Å². The molecule has 0 heterocycles. The van der Waals surface area contributed by atoms with E-state index in [1.807, 2.05) is 0 Å². The molecule has 54 valence electrons. The summed E-state index contributed by atoms with van der Waals surface area (Å²) in [6.07, 6.45) is 0.672. The van der Waals surface area contributed by atoms with Crippen LogP contribution in [0.1, 0.15) is 0 Å². The van der Waals surface area contributed by atoms with Crippen LogP contribution in [0.15, 0.2) is 0 Å². The smallest absolute Gasteiger partial charge is 0.147 e. The van der Waals surface area contributed by atoms with Crippen molar-refractivity contribution in [1.82, 2.24) is 0 Å². The van der Waals surface area contributed by atoms with Crippen LogP contribution in [-0.2, 0) is 14.3 Å². The summed E-state index contributed by atoms with van der Waals surface area (Å²) in [4.78, 5) is 9.63. The molecule has 0 saturated heterocycles. The molecule has 0 rings (SSSR count). The molecule has 0 saturated carbocycles. The summed E-state index contributed by atoms with van der Waals surface area (Å²) in [5, 5.41) is 0. The molecule has 0 amide bonds. The van der Waals surface area contributed by atoms with Crippen molar-refractivity contribution in [2.24, 2.45) is 5.73 Å². The number of ether oxygens (including phenoxy) is 2. The molecule has 0 spiro atoms. The number of carbonyl (C=O) groups is 1. The zero-order valence-electron chi connectivity index (χ0n) is 5.21. The molecule has 4 nitrogen and oxygen atoms in total. The molecular formula is C5H11NO3. The minimum Gasteiger partial charge on any atom is -0.354 e. The number of hydrogen-bond donors (Lipinski definition) is 1. The molecule has 0 fully saturated rings. The molecule has 0 atom stereocenters. The van der Waals surface area contributed by atoms with E-state index >= 15 is 0 Å². The van der Waals surface area contributed by atoms with E-state index in [9.17, 15) is 4.79 Å². The van der Waals surface area contributed by atoms with Gasteiger partial charge in [0.15, 0.2) is 0 Å². The summed E-state index contributed by atoms with van der Waals surface area (Å²) in [6.45, 7) is 1.18. The van der Waals surface area contributed by atoms with Crippen molar-refractivity contribution < 1.29 is 14.3 Å². The van der Waals surface area contributed by atoms with Crippen LogP contribution in [0.5, 0.6) is 0 Å². The Morgan fingerprint density at radius 1 is 1.44 bits per heavy atom. The molecule has 2 N–H and O–H groups in total. The normalized spacial score (nSPS) is 9.44. The monoisotopic (exact) mass is 133 g/mol. The van der Waals surface area contributed by atoms with Gasteiger partial charge in [0, 0.05) is 6.54 Å². The molecule has 0 bridgehead atoms. The average molecular weight is 133 g/mol. The zero-order valence-corrected chi connectivity index (χ0v) is 5.21. The van der Waals surface area contributed by atoms with E-state index in [2.05, 4.69) is 4.74 Å². The van der Waals surface area contributed by atoms with E-state index in [0.717, 1.165) is 0 Å². The zero-order chi connectivity index (χ0) is 6.95. The second kappa shape index (κ2) is 7.55. The first kappa shape index (κ1) is 8.55. The first-order valence-electron chi connectivity index (χ1n) is 2.71. The van der Waals surface area contributed by atoms with Crippen molar-refractivity contribution in [2.45, 2.75) is 0 Å². The number of aldehydes is 1. The molecule has 0 aromatic rings. The highest BCUT2D eigenvalue weighted by Crippen LogP contribution is 1.73. The maximum Gasteiger partial charge on any atom is 0.147 e. The second-order valence-electron chi connectivity index (χ2n) is 1.35. The molecule has 0 aliphatic heterocycles. The number of rotatable bonds is 6. The maximum atomic E-state index is 9.63. The van der Waals surface area contributed by atoms with E-state index < -0.39 is 0 Å². The lowest BCUT2D eigenvalue weighted by molar-refractivity contribution is -0.117. The third-order valence-electron chi connectivity index (χ3n) is 0.615. The van der Waals surface area contributed by atoms with Gasteiger partial charge in [-0.3, -0.25) is 0 Å². The van der Waals surface area contributed by atoms with Gasteiger partial charge in [0.05, 0.1) is 6.61 Å². The van der Waals surface area contributed by atoms with Gasteiger partial charge in [-0.1, -0.05) is 0 Å². The van der Waals surface area contributed by atoms with Crippen LogP contribution in [0.4, 0.5) is 0 Å². The van der Waals surface area contributed by atoms with Crippen LogP contribution in [-0.4, -0.2) is 32.8 Å². The van der Waals surface area contributed by atoms with E-state index in [1.54, 1.807) is 0 Å². The van der Waals surface area contributed by atoms with Crippen LogP contribution in [0.25, 0.3) is 0 Å². The highest BCUT2D eigenvalue weighted by Gasteiger charge is 1.83. The SMILES string of the molecule is NCCOCOCC=O. The number of hydrogen-bond acceptors (Lipinski definition) is 4. The molecule has 4 heteroatoms. The van der Waals surface area contributed by atoms with Crippen molar-refractivity contribution in [3.8, 4) is 0 Å². The minimum atomic E-state index is 0.0879. The van der Waals surface area contributed by atoms with Crippen molar-refractivity contribution in [2.75, 3.05) is 26.6 Å². The van der Waals surface area contributed by atoms with Crippen molar-refractivity contribution >= 4 is 6.29 Å². The first-order valence-corrected chi connectivity index (χ1v) is 2.71. The summed E-state index contributed by atoms with van der Waals surface area (Å²) in [5.41, 5.74) is 5.09. The van der Waals surface area contributed by atoms with Gasteiger partial charge >= 0.3 is 0 Å². The van der Waals surface area contributed by atoms with Crippen LogP contribution >= 0.6 is 0 Å². The molecule has 0 aliphatic carbocycles. The highest BCUT2D eigenvalue weighted by molar-refractivity contribution is 5.50. The van der Waals surface area contributed by atoms with Gasteiger partial charge in [0.25, 0.3) is 0 Å². The number of carbonyl (C=O) groups excluding carboxylic acids is 1. The van der Waals surface area contributed by atoms with E-state index in [-0.39, 0.29) is 13.4 Å². The third-order valence-corrected chi connectivity index (χ3v) is 0.615. The first-order chi connectivity index (χ1) is 4.41. The van der Waals surface area contributed by atoms with Crippen molar-refractivity contribution in [3.63, 3.8) is 0 Å². The Balaban J connectivity index is 2.66. The molecule has 0 aromatic heterocycles. The Labute approximate surface area is 53.9 Å². The quantitative estimate of drug-likeness (QED) is 0.291. The van der Waals surface area contributed by atoms with Crippen molar-refractivity contribution in [1.29, 1.82) is 0 Å². The Bertz CT molecular complexity index is 67.2. The summed E-state index contributed by atoms with van der Waals surface area (Å²) < 4.78 is 9.42. The summed E-state index contributed by atoms with van der Waals surface area (Å²) >= 11 is 0.